The Morgan fingerprint density at radius 1 is 1.65 bits per heavy atom. The third kappa shape index (κ3) is 3.93. The summed E-state index contributed by atoms with van der Waals surface area (Å²) >= 11 is 0. The van der Waals surface area contributed by atoms with Crippen molar-refractivity contribution in [2.45, 2.75) is 26.8 Å². The summed E-state index contributed by atoms with van der Waals surface area (Å²) in [6.07, 6.45) is 4.87. The molecule has 5 heteroatoms. The van der Waals surface area contributed by atoms with Crippen LogP contribution in [-0.2, 0) is 11.3 Å². The van der Waals surface area contributed by atoms with E-state index in [1.54, 1.807) is 6.21 Å². The summed E-state index contributed by atoms with van der Waals surface area (Å²) in [6, 6.07) is 0. The van der Waals surface area contributed by atoms with E-state index in [4.69, 9.17) is 4.74 Å². The van der Waals surface area contributed by atoms with Gasteiger partial charge in [-0.25, -0.2) is 0 Å². The second-order valence-corrected chi connectivity index (χ2v) is 4.98. The van der Waals surface area contributed by atoms with E-state index in [9.17, 15) is 0 Å². The highest BCUT2D eigenvalue weighted by atomic mass is 16.5. The zero-order chi connectivity index (χ0) is 12.1. The molecule has 1 saturated heterocycles. The fourth-order valence-corrected chi connectivity index (χ4v) is 1.81. The molecule has 2 heterocycles. The van der Waals surface area contributed by atoms with E-state index < -0.39 is 0 Å². The van der Waals surface area contributed by atoms with Crippen LogP contribution in [0.15, 0.2) is 11.2 Å². The first-order chi connectivity index (χ1) is 8.24. The molecule has 2 rings (SSSR count). The molecule has 1 aliphatic rings. The first-order valence-corrected chi connectivity index (χ1v) is 6.21. The number of aromatic nitrogens is 3. The molecule has 1 aromatic heterocycles. The molecule has 0 amide bonds. The van der Waals surface area contributed by atoms with Crippen LogP contribution in [0, 0.1) is 11.8 Å². The van der Waals surface area contributed by atoms with Crippen molar-refractivity contribution in [3.05, 3.63) is 11.9 Å². The molecule has 17 heavy (non-hydrogen) atoms. The van der Waals surface area contributed by atoms with Crippen LogP contribution < -0.4 is 0 Å². The van der Waals surface area contributed by atoms with Gasteiger partial charge in [0.2, 0.25) is 0 Å². The lowest BCUT2D eigenvalue weighted by molar-refractivity contribution is 0.181. The predicted molar refractivity (Wildman–Crippen MR) is 66.2 cm³/mol. The minimum Gasteiger partial charge on any atom is -0.381 e. The van der Waals surface area contributed by atoms with E-state index in [-0.39, 0.29) is 0 Å². The van der Waals surface area contributed by atoms with Crippen LogP contribution in [0.3, 0.4) is 0 Å². The largest absolute Gasteiger partial charge is 0.381 e. The van der Waals surface area contributed by atoms with Crippen molar-refractivity contribution in [3.63, 3.8) is 0 Å². The Labute approximate surface area is 102 Å². The van der Waals surface area contributed by atoms with Crippen LogP contribution in [0.2, 0.25) is 0 Å². The Morgan fingerprint density at radius 3 is 3.24 bits per heavy atom. The number of nitrogens with zero attached hydrogens (tertiary/aromatic N) is 4. The Bertz CT molecular complexity index is 366. The van der Waals surface area contributed by atoms with E-state index in [0.29, 0.717) is 11.8 Å². The maximum Gasteiger partial charge on any atom is 0.123 e. The van der Waals surface area contributed by atoms with E-state index in [1.165, 1.54) is 0 Å². The normalized spacial score (nSPS) is 20.8. The summed E-state index contributed by atoms with van der Waals surface area (Å²) < 4.78 is 7.22. The molecule has 0 saturated carbocycles. The number of aliphatic imine (C=N–C) groups is 1. The lowest BCUT2D eigenvalue weighted by Gasteiger charge is -2.05. The Morgan fingerprint density at radius 2 is 2.53 bits per heavy atom. The van der Waals surface area contributed by atoms with Crippen LogP contribution >= 0.6 is 0 Å². The number of ether oxygens (including phenoxy) is 1. The van der Waals surface area contributed by atoms with Gasteiger partial charge in [0.25, 0.3) is 0 Å². The quantitative estimate of drug-likeness (QED) is 0.726. The van der Waals surface area contributed by atoms with Crippen molar-refractivity contribution in [3.8, 4) is 0 Å². The Kier molecular flexibility index (Phi) is 4.25. The van der Waals surface area contributed by atoms with Gasteiger partial charge in [-0.05, 0) is 12.3 Å². The smallest absolute Gasteiger partial charge is 0.123 e. The average Bonchev–Trinajstić information content (AvgIpc) is 2.90. The van der Waals surface area contributed by atoms with Crippen molar-refractivity contribution in [1.82, 2.24) is 15.0 Å². The van der Waals surface area contributed by atoms with E-state index >= 15 is 0 Å². The molecule has 0 aromatic carbocycles. The third-order valence-electron chi connectivity index (χ3n) is 2.72. The van der Waals surface area contributed by atoms with Gasteiger partial charge in [0.05, 0.1) is 19.0 Å². The highest BCUT2D eigenvalue weighted by Gasteiger charge is 2.16. The van der Waals surface area contributed by atoms with Crippen LogP contribution in [0.5, 0.6) is 0 Å². The van der Waals surface area contributed by atoms with Crippen LogP contribution in [0.25, 0.3) is 0 Å². The second-order valence-electron chi connectivity index (χ2n) is 4.98. The standard InChI is InChI=1S/C12H20N4O/c1-10(2)5-13-6-12-8-16(15-14-12)7-11-3-4-17-9-11/h6,8,10-11H,3-5,7,9H2,1-2H3/t11-/m1/s1. The van der Waals surface area contributed by atoms with Gasteiger partial charge in [-0.15, -0.1) is 5.10 Å². The molecule has 0 bridgehead atoms. The van der Waals surface area contributed by atoms with Gasteiger partial charge in [-0.3, -0.25) is 9.67 Å². The first kappa shape index (κ1) is 12.2. The van der Waals surface area contributed by atoms with Gasteiger partial charge in [0.15, 0.2) is 0 Å². The van der Waals surface area contributed by atoms with Gasteiger partial charge < -0.3 is 4.74 Å². The lowest BCUT2D eigenvalue weighted by atomic mass is 10.1. The highest BCUT2D eigenvalue weighted by Crippen LogP contribution is 2.13. The topological polar surface area (TPSA) is 52.3 Å². The molecule has 0 radical (unpaired) electrons. The van der Waals surface area contributed by atoms with Crippen molar-refractivity contribution >= 4 is 6.21 Å². The van der Waals surface area contributed by atoms with Gasteiger partial charge in [-0.2, -0.15) is 0 Å². The Balaban J connectivity index is 1.84. The summed E-state index contributed by atoms with van der Waals surface area (Å²) in [5, 5.41) is 8.18. The summed E-state index contributed by atoms with van der Waals surface area (Å²) in [7, 11) is 0. The van der Waals surface area contributed by atoms with Gasteiger partial charge in [0.1, 0.15) is 5.69 Å². The SMILES string of the molecule is CC(C)CN=Cc1cn(C[C@H]2CCOC2)nn1. The van der Waals surface area contributed by atoms with Crippen LogP contribution in [0.1, 0.15) is 26.0 Å². The molecule has 0 unspecified atom stereocenters. The lowest BCUT2D eigenvalue weighted by Crippen LogP contribution is -2.11. The fraction of sp³-hybridized carbons (Fsp3) is 0.750. The van der Waals surface area contributed by atoms with Gasteiger partial charge in [-0.1, -0.05) is 19.1 Å². The number of rotatable bonds is 5. The first-order valence-electron chi connectivity index (χ1n) is 6.21. The summed E-state index contributed by atoms with van der Waals surface area (Å²) in [5.74, 6) is 1.16. The summed E-state index contributed by atoms with van der Waals surface area (Å²) in [4.78, 5) is 4.32. The van der Waals surface area contributed by atoms with Crippen LogP contribution in [0.4, 0.5) is 0 Å². The van der Waals surface area contributed by atoms with E-state index in [1.807, 2.05) is 10.9 Å². The Hall–Kier alpha value is -1.23. The molecule has 0 aliphatic carbocycles. The third-order valence-corrected chi connectivity index (χ3v) is 2.72. The molecule has 1 atom stereocenters. The molecule has 5 nitrogen and oxygen atoms in total. The van der Waals surface area contributed by atoms with E-state index in [0.717, 1.165) is 38.4 Å². The fourth-order valence-electron chi connectivity index (χ4n) is 1.81. The van der Waals surface area contributed by atoms with Gasteiger partial charge in [0, 0.05) is 25.6 Å². The zero-order valence-corrected chi connectivity index (χ0v) is 10.5. The minimum atomic E-state index is 0.580. The predicted octanol–water partition coefficient (Wildman–Crippen LogP) is 1.39. The molecular formula is C12H20N4O. The molecule has 0 spiro atoms. The summed E-state index contributed by atoms with van der Waals surface area (Å²) in [5.41, 5.74) is 0.838. The van der Waals surface area contributed by atoms with E-state index in [2.05, 4.69) is 29.2 Å². The average molecular weight is 236 g/mol. The number of hydrogen-bond donors (Lipinski definition) is 0. The van der Waals surface area contributed by atoms with Crippen LogP contribution in [-0.4, -0.2) is 41.0 Å². The van der Waals surface area contributed by atoms with Crippen molar-refractivity contribution < 1.29 is 4.74 Å². The molecule has 1 fully saturated rings. The van der Waals surface area contributed by atoms with Crippen molar-refractivity contribution in [1.29, 1.82) is 0 Å². The summed E-state index contributed by atoms with van der Waals surface area (Å²) in [6.45, 7) is 7.75. The maximum atomic E-state index is 5.34. The zero-order valence-electron chi connectivity index (χ0n) is 10.5. The molecule has 1 aliphatic heterocycles. The highest BCUT2D eigenvalue weighted by molar-refractivity contribution is 5.76. The van der Waals surface area contributed by atoms with Gasteiger partial charge >= 0.3 is 0 Å². The van der Waals surface area contributed by atoms with Crippen molar-refractivity contribution in [2.24, 2.45) is 16.8 Å². The molecule has 0 N–H and O–H groups in total. The minimum absolute atomic E-state index is 0.580. The molecular weight excluding hydrogens is 216 g/mol. The monoisotopic (exact) mass is 236 g/mol. The van der Waals surface area contributed by atoms with Crippen molar-refractivity contribution in [2.75, 3.05) is 19.8 Å². The maximum absolute atomic E-state index is 5.34. The molecule has 94 valence electrons. The second kappa shape index (κ2) is 5.91. The number of hydrogen-bond acceptors (Lipinski definition) is 4. The molecule has 1 aromatic rings.